The molecule has 4 nitrogen and oxygen atoms in total. The van der Waals surface area contributed by atoms with Crippen LogP contribution in [0.2, 0.25) is 0 Å². The topological polar surface area (TPSA) is 51.5 Å². The molecular formula is C15H17NO3. The minimum atomic E-state index is -0.254. The molecule has 3 rings (SSSR count). The molecule has 1 aromatic heterocycles. The Hall–Kier alpha value is -1.81. The van der Waals surface area contributed by atoms with E-state index in [1.54, 1.807) is 0 Å². The highest BCUT2D eigenvalue weighted by molar-refractivity contribution is 5.81. The van der Waals surface area contributed by atoms with Crippen LogP contribution in [0.25, 0.3) is 11.0 Å². The summed E-state index contributed by atoms with van der Waals surface area (Å²) in [5, 5.41) is 3.99. The van der Waals surface area contributed by atoms with Gasteiger partial charge in [-0.25, -0.2) is 0 Å². The van der Waals surface area contributed by atoms with Crippen LogP contribution in [0.5, 0.6) is 0 Å². The average molecular weight is 259 g/mol. The molecule has 4 heteroatoms. The van der Waals surface area contributed by atoms with Crippen LogP contribution in [0.15, 0.2) is 34.7 Å². The van der Waals surface area contributed by atoms with Crippen molar-refractivity contribution < 1.29 is 13.9 Å². The van der Waals surface area contributed by atoms with E-state index in [-0.39, 0.29) is 12.0 Å². The number of fused-ring (bicyclic) bond motifs is 1. The number of rotatable bonds is 4. The summed E-state index contributed by atoms with van der Waals surface area (Å²) in [6, 6.07) is 9.93. The number of amides is 1. The third kappa shape index (κ3) is 2.79. The average Bonchev–Trinajstić information content (AvgIpc) is 3.07. The molecule has 1 saturated heterocycles. The predicted molar refractivity (Wildman–Crippen MR) is 71.9 cm³/mol. The van der Waals surface area contributed by atoms with Gasteiger partial charge in [-0.1, -0.05) is 18.2 Å². The minimum Gasteiger partial charge on any atom is -0.461 e. The Morgan fingerprint density at radius 1 is 1.37 bits per heavy atom. The van der Waals surface area contributed by atoms with Crippen LogP contribution in [0.4, 0.5) is 0 Å². The molecule has 1 fully saturated rings. The third-order valence-electron chi connectivity index (χ3n) is 3.37. The molecule has 2 heterocycles. The van der Waals surface area contributed by atoms with Gasteiger partial charge in [0.15, 0.2) is 0 Å². The molecule has 100 valence electrons. The Balaban J connectivity index is 1.53. The van der Waals surface area contributed by atoms with Crippen LogP contribution < -0.4 is 5.32 Å². The Morgan fingerprint density at radius 2 is 2.26 bits per heavy atom. The number of carbonyl (C=O) groups is 1. The molecular weight excluding hydrogens is 242 g/mol. The van der Waals surface area contributed by atoms with E-state index in [0.29, 0.717) is 19.6 Å². The van der Waals surface area contributed by atoms with Gasteiger partial charge < -0.3 is 14.5 Å². The molecule has 1 aliphatic rings. The Morgan fingerprint density at radius 3 is 3.05 bits per heavy atom. The van der Waals surface area contributed by atoms with Gasteiger partial charge in [0, 0.05) is 25.0 Å². The van der Waals surface area contributed by atoms with E-state index in [1.807, 2.05) is 30.3 Å². The number of carbonyl (C=O) groups excluding carboxylic acids is 1. The van der Waals surface area contributed by atoms with Gasteiger partial charge in [-0.05, 0) is 25.0 Å². The van der Waals surface area contributed by atoms with Crippen molar-refractivity contribution in [1.82, 2.24) is 5.32 Å². The molecule has 0 radical (unpaired) electrons. The molecule has 1 atom stereocenters. The molecule has 1 aromatic carbocycles. The lowest BCUT2D eigenvalue weighted by Gasteiger charge is -2.09. The van der Waals surface area contributed by atoms with E-state index in [9.17, 15) is 4.79 Å². The van der Waals surface area contributed by atoms with Gasteiger partial charge in [0.25, 0.3) is 0 Å². The number of furan rings is 1. The monoisotopic (exact) mass is 259 g/mol. The lowest BCUT2D eigenvalue weighted by Crippen LogP contribution is -2.35. The second-order valence-electron chi connectivity index (χ2n) is 4.79. The minimum absolute atomic E-state index is 0.00592. The summed E-state index contributed by atoms with van der Waals surface area (Å²) in [5.41, 5.74) is 0.892. The van der Waals surface area contributed by atoms with Crippen LogP contribution in [-0.2, 0) is 16.0 Å². The van der Waals surface area contributed by atoms with Gasteiger partial charge in [0.1, 0.15) is 17.4 Å². The Labute approximate surface area is 111 Å². The third-order valence-corrected chi connectivity index (χ3v) is 3.37. The standard InChI is InChI=1S/C15H17NO3/c17-15(14-6-3-9-18-14)16-8-7-12-10-11-4-1-2-5-13(11)19-12/h1-2,4-5,10,14H,3,6-9H2,(H,16,17). The highest BCUT2D eigenvalue weighted by Crippen LogP contribution is 2.18. The Bertz CT molecular complexity index is 537. The van der Waals surface area contributed by atoms with E-state index in [4.69, 9.17) is 9.15 Å². The van der Waals surface area contributed by atoms with Gasteiger partial charge in [0.2, 0.25) is 5.91 Å². The number of hydrogen-bond acceptors (Lipinski definition) is 3. The maximum Gasteiger partial charge on any atom is 0.249 e. The van der Waals surface area contributed by atoms with Gasteiger partial charge in [0.05, 0.1) is 0 Å². The molecule has 1 N–H and O–H groups in total. The quantitative estimate of drug-likeness (QED) is 0.916. The fraction of sp³-hybridized carbons (Fsp3) is 0.400. The Kier molecular flexibility index (Phi) is 3.51. The van der Waals surface area contributed by atoms with Crippen molar-refractivity contribution >= 4 is 16.9 Å². The van der Waals surface area contributed by atoms with Crippen LogP contribution >= 0.6 is 0 Å². The maximum absolute atomic E-state index is 11.7. The molecule has 0 aliphatic carbocycles. The zero-order valence-electron chi connectivity index (χ0n) is 10.7. The largest absolute Gasteiger partial charge is 0.461 e. The normalized spacial score (nSPS) is 18.8. The first-order chi connectivity index (χ1) is 9.33. The number of nitrogens with one attached hydrogen (secondary N) is 1. The van der Waals surface area contributed by atoms with Crippen molar-refractivity contribution in [2.75, 3.05) is 13.2 Å². The number of benzene rings is 1. The lowest BCUT2D eigenvalue weighted by molar-refractivity contribution is -0.130. The molecule has 0 saturated carbocycles. The van der Waals surface area contributed by atoms with Gasteiger partial charge in [-0.15, -0.1) is 0 Å². The summed E-state index contributed by atoms with van der Waals surface area (Å²) in [4.78, 5) is 11.7. The van der Waals surface area contributed by atoms with E-state index >= 15 is 0 Å². The first-order valence-corrected chi connectivity index (χ1v) is 6.70. The van der Waals surface area contributed by atoms with Crippen molar-refractivity contribution in [1.29, 1.82) is 0 Å². The van der Waals surface area contributed by atoms with Crippen LogP contribution in [-0.4, -0.2) is 25.2 Å². The smallest absolute Gasteiger partial charge is 0.249 e. The summed E-state index contributed by atoms with van der Waals surface area (Å²) >= 11 is 0. The zero-order chi connectivity index (χ0) is 13.1. The molecule has 1 unspecified atom stereocenters. The number of para-hydroxylation sites is 1. The highest BCUT2D eigenvalue weighted by Gasteiger charge is 2.22. The number of ether oxygens (including phenoxy) is 1. The maximum atomic E-state index is 11.7. The van der Waals surface area contributed by atoms with Crippen molar-refractivity contribution in [2.24, 2.45) is 0 Å². The lowest BCUT2D eigenvalue weighted by atomic mass is 10.2. The zero-order valence-corrected chi connectivity index (χ0v) is 10.7. The fourth-order valence-corrected chi connectivity index (χ4v) is 2.37. The molecule has 0 bridgehead atoms. The van der Waals surface area contributed by atoms with Crippen LogP contribution in [0.3, 0.4) is 0 Å². The fourth-order valence-electron chi connectivity index (χ4n) is 2.37. The molecule has 19 heavy (non-hydrogen) atoms. The van der Waals surface area contributed by atoms with Gasteiger partial charge in [-0.3, -0.25) is 4.79 Å². The van der Waals surface area contributed by atoms with Crippen molar-refractivity contribution in [3.05, 3.63) is 36.1 Å². The summed E-state index contributed by atoms with van der Waals surface area (Å²) in [5.74, 6) is 0.891. The summed E-state index contributed by atoms with van der Waals surface area (Å²) in [7, 11) is 0. The van der Waals surface area contributed by atoms with Crippen molar-refractivity contribution in [2.45, 2.75) is 25.4 Å². The van der Waals surface area contributed by atoms with Gasteiger partial charge in [-0.2, -0.15) is 0 Å². The van der Waals surface area contributed by atoms with Gasteiger partial charge >= 0.3 is 0 Å². The predicted octanol–water partition coefficient (Wildman–Crippen LogP) is 2.27. The summed E-state index contributed by atoms with van der Waals surface area (Å²) in [6.07, 6.45) is 2.25. The molecule has 2 aromatic rings. The molecule has 1 amide bonds. The van der Waals surface area contributed by atoms with E-state index in [0.717, 1.165) is 29.6 Å². The number of hydrogen-bond donors (Lipinski definition) is 1. The first-order valence-electron chi connectivity index (χ1n) is 6.70. The highest BCUT2D eigenvalue weighted by atomic mass is 16.5. The first kappa shape index (κ1) is 12.2. The van der Waals surface area contributed by atoms with Crippen LogP contribution in [0, 0.1) is 0 Å². The SMILES string of the molecule is O=C(NCCc1cc2ccccc2o1)C1CCCO1. The molecule has 1 aliphatic heterocycles. The van der Waals surface area contributed by atoms with E-state index in [2.05, 4.69) is 5.32 Å². The van der Waals surface area contributed by atoms with E-state index in [1.165, 1.54) is 0 Å². The molecule has 0 spiro atoms. The van der Waals surface area contributed by atoms with E-state index < -0.39 is 0 Å². The summed E-state index contributed by atoms with van der Waals surface area (Å²) in [6.45, 7) is 1.28. The second kappa shape index (κ2) is 5.45. The van der Waals surface area contributed by atoms with Crippen LogP contribution in [0.1, 0.15) is 18.6 Å². The summed E-state index contributed by atoms with van der Waals surface area (Å²) < 4.78 is 11.0. The van der Waals surface area contributed by atoms with Crippen molar-refractivity contribution in [3.63, 3.8) is 0 Å². The van der Waals surface area contributed by atoms with Crippen molar-refractivity contribution in [3.8, 4) is 0 Å². The second-order valence-corrected chi connectivity index (χ2v) is 4.79.